The molecule has 0 amide bonds. The van der Waals surface area contributed by atoms with E-state index in [4.69, 9.17) is 39.0 Å². The summed E-state index contributed by atoms with van der Waals surface area (Å²) in [5.74, 6) is 0. The van der Waals surface area contributed by atoms with Gasteiger partial charge in [-0.15, -0.1) is 0 Å². The molecule has 0 spiro atoms. The molecule has 1 atom stereocenters. The van der Waals surface area contributed by atoms with Crippen LogP contribution in [0.1, 0.15) is 23.1 Å². The van der Waals surface area contributed by atoms with E-state index in [2.05, 4.69) is 5.16 Å². The normalized spacial score (nSPS) is 19.4. The quantitative estimate of drug-likeness (QED) is 0.641. The molecule has 1 aliphatic rings. The van der Waals surface area contributed by atoms with Gasteiger partial charge in [-0.25, -0.2) is 0 Å². The molecule has 0 aliphatic carbocycles. The maximum atomic E-state index is 13.9. The number of anilines is 1. The number of nitriles is 1. The first kappa shape index (κ1) is 20.1. The van der Waals surface area contributed by atoms with Gasteiger partial charge in [-0.3, -0.25) is 0 Å². The van der Waals surface area contributed by atoms with Crippen molar-refractivity contribution in [3.05, 3.63) is 69.2 Å². The van der Waals surface area contributed by atoms with Crippen LogP contribution in [0.2, 0.25) is 10.0 Å². The largest absolute Gasteiger partial charge is 0.435 e. The number of hydrogen-bond acceptors (Lipinski definition) is 4. The van der Waals surface area contributed by atoms with Crippen molar-refractivity contribution < 1.29 is 18.0 Å². The van der Waals surface area contributed by atoms with Crippen molar-refractivity contribution in [2.75, 3.05) is 5.73 Å². The molecule has 9 heteroatoms. The minimum absolute atomic E-state index is 0.0618. The van der Waals surface area contributed by atoms with E-state index in [0.29, 0.717) is 11.1 Å². The molecule has 144 valence electrons. The highest BCUT2D eigenvalue weighted by Gasteiger charge is 2.62. The molecule has 0 fully saturated rings. The number of oxime groups is 1. The van der Waals surface area contributed by atoms with Crippen LogP contribution in [0, 0.1) is 11.3 Å². The number of nitrogen functional groups attached to an aromatic ring is 1. The number of hydrogen-bond donors (Lipinski definition) is 1. The lowest BCUT2D eigenvalue weighted by Gasteiger charge is -2.29. The summed E-state index contributed by atoms with van der Waals surface area (Å²) in [6.07, 6.45) is -2.36. The Bertz CT molecular complexity index is 1010. The van der Waals surface area contributed by atoms with Crippen molar-refractivity contribution in [1.29, 1.82) is 5.26 Å². The molecular weight excluding hydrogens is 414 g/mol. The summed E-state index contributed by atoms with van der Waals surface area (Å²) in [5, 5.41) is 12.6. The third kappa shape index (κ3) is 3.79. The van der Waals surface area contributed by atoms with Crippen LogP contribution in [0.3, 0.4) is 0 Å². The van der Waals surface area contributed by atoms with Gasteiger partial charge in [-0.05, 0) is 42.0 Å². The SMILES string of the molecule is N#Cc1ccc(/C=C/C2=NOC(c3cc(Cl)cc(Cl)c3)(C(F)(F)F)C2)cc1N. The van der Waals surface area contributed by atoms with Crippen LogP contribution in [0.25, 0.3) is 6.08 Å². The fraction of sp³-hybridized carbons (Fsp3) is 0.158. The highest BCUT2D eigenvalue weighted by molar-refractivity contribution is 6.34. The van der Waals surface area contributed by atoms with Crippen LogP contribution >= 0.6 is 23.2 Å². The monoisotopic (exact) mass is 425 g/mol. The van der Waals surface area contributed by atoms with Gasteiger partial charge in [-0.1, -0.05) is 40.5 Å². The number of nitrogens with zero attached hydrogens (tertiary/aromatic N) is 2. The maximum Gasteiger partial charge on any atom is 0.435 e. The lowest BCUT2D eigenvalue weighted by molar-refractivity contribution is -0.275. The summed E-state index contributed by atoms with van der Waals surface area (Å²) in [6.45, 7) is 0. The molecule has 0 aromatic heterocycles. The Morgan fingerprint density at radius 2 is 1.82 bits per heavy atom. The standard InChI is InChI=1S/C19H12Cl2F3N3O/c20-14-6-13(7-15(21)8-14)18(19(22,23)24)9-16(27-28-18)4-2-11-1-3-12(10-25)17(26)5-11/h1-8H,9,26H2/b4-2+. The first-order valence-corrected chi connectivity index (χ1v) is 8.66. The van der Waals surface area contributed by atoms with Gasteiger partial charge in [-0.2, -0.15) is 18.4 Å². The second-order valence-corrected chi connectivity index (χ2v) is 7.00. The van der Waals surface area contributed by atoms with Crippen LogP contribution in [0.15, 0.2) is 47.6 Å². The zero-order valence-electron chi connectivity index (χ0n) is 14.1. The van der Waals surface area contributed by atoms with Gasteiger partial charge >= 0.3 is 6.18 Å². The van der Waals surface area contributed by atoms with Crippen LogP contribution in [-0.4, -0.2) is 11.9 Å². The highest BCUT2D eigenvalue weighted by Crippen LogP contribution is 2.49. The second-order valence-electron chi connectivity index (χ2n) is 6.13. The predicted molar refractivity (Wildman–Crippen MR) is 102 cm³/mol. The average molecular weight is 426 g/mol. The van der Waals surface area contributed by atoms with E-state index in [1.807, 2.05) is 6.07 Å². The molecule has 0 saturated heterocycles. The topological polar surface area (TPSA) is 71.4 Å². The van der Waals surface area contributed by atoms with E-state index in [-0.39, 0.29) is 27.0 Å². The van der Waals surface area contributed by atoms with Crippen LogP contribution in [0.4, 0.5) is 18.9 Å². The molecule has 0 saturated carbocycles. The molecule has 2 N–H and O–H groups in total. The Morgan fingerprint density at radius 3 is 2.39 bits per heavy atom. The Hall–Kier alpha value is -2.69. The molecular formula is C19H12Cl2F3N3O. The highest BCUT2D eigenvalue weighted by atomic mass is 35.5. The third-order valence-electron chi connectivity index (χ3n) is 4.20. The number of nitrogens with two attached hydrogens (primary N) is 1. The number of benzene rings is 2. The zero-order chi connectivity index (χ0) is 20.5. The minimum Gasteiger partial charge on any atom is -0.398 e. The van der Waals surface area contributed by atoms with Crippen molar-refractivity contribution in [3.63, 3.8) is 0 Å². The van der Waals surface area contributed by atoms with E-state index in [9.17, 15) is 13.2 Å². The predicted octanol–water partition coefficient (Wildman–Crippen LogP) is 5.69. The van der Waals surface area contributed by atoms with Gasteiger partial charge in [0.05, 0.1) is 17.0 Å². The lowest BCUT2D eigenvalue weighted by atomic mass is 9.88. The van der Waals surface area contributed by atoms with Gasteiger partial charge in [0, 0.05) is 22.0 Å². The summed E-state index contributed by atoms with van der Waals surface area (Å²) in [4.78, 5) is 4.89. The lowest BCUT2D eigenvalue weighted by Crippen LogP contribution is -2.42. The van der Waals surface area contributed by atoms with Gasteiger partial charge < -0.3 is 10.6 Å². The summed E-state index contributed by atoms with van der Waals surface area (Å²) < 4.78 is 41.6. The van der Waals surface area contributed by atoms with Crippen LogP contribution in [0.5, 0.6) is 0 Å². The summed E-state index contributed by atoms with van der Waals surface area (Å²) in [6, 6.07) is 10.3. The molecule has 28 heavy (non-hydrogen) atoms. The number of alkyl halides is 3. The summed E-state index contributed by atoms with van der Waals surface area (Å²) in [7, 11) is 0. The Balaban J connectivity index is 1.89. The van der Waals surface area contributed by atoms with Crippen LogP contribution < -0.4 is 5.73 Å². The van der Waals surface area contributed by atoms with E-state index in [1.54, 1.807) is 12.1 Å². The Labute approximate surface area is 168 Å². The fourth-order valence-corrected chi connectivity index (χ4v) is 3.31. The van der Waals surface area contributed by atoms with Crippen molar-refractivity contribution in [2.45, 2.75) is 18.2 Å². The first-order chi connectivity index (χ1) is 13.1. The molecule has 3 rings (SSSR count). The first-order valence-electron chi connectivity index (χ1n) is 7.91. The Morgan fingerprint density at radius 1 is 1.14 bits per heavy atom. The molecule has 1 aliphatic heterocycles. The van der Waals surface area contributed by atoms with Crippen LogP contribution in [-0.2, 0) is 10.4 Å². The van der Waals surface area contributed by atoms with Crippen molar-refractivity contribution >= 4 is 40.7 Å². The zero-order valence-corrected chi connectivity index (χ0v) is 15.6. The molecule has 4 nitrogen and oxygen atoms in total. The number of halogens is 5. The molecule has 0 radical (unpaired) electrons. The number of rotatable bonds is 3. The summed E-state index contributed by atoms with van der Waals surface area (Å²) in [5.41, 5.74) is 4.10. The third-order valence-corrected chi connectivity index (χ3v) is 4.64. The van der Waals surface area contributed by atoms with E-state index in [0.717, 1.165) is 12.1 Å². The molecule has 2 aromatic rings. The van der Waals surface area contributed by atoms with E-state index in [1.165, 1.54) is 24.3 Å². The van der Waals surface area contributed by atoms with Gasteiger partial charge in [0.15, 0.2) is 0 Å². The van der Waals surface area contributed by atoms with Gasteiger partial charge in [0.2, 0.25) is 0 Å². The molecule has 2 aromatic carbocycles. The Kier molecular flexibility index (Phi) is 5.28. The summed E-state index contributed by atoms with van der Waals surface area (Å²) >= 11 is 11.7. The number of allylic oxidation sites excluding steroid dienone is 1. The van der Waals surface area contributed by atoms with E-state index >= 15 is 0 Å². The average Bonchev–Trinajstić information content (AvgIpc) is 3.05. The minimum atomic E-state index is -4.75. The molecule has 1 unspecified atom stereocenters. The second kappa shape index (κ2) is 7.38. The maximum absolute atomic E-state index is 13.9. The molecule has 0 bridgehead atoms. The van der Waals surface area contributed by atoms with E-state index < -0.39 is 18.2 Å². The van der Waals surface area contributed by atoms with Gasteiger partial charge in [0.25, 0.3) is 5.60 Å². The van der Waals surface area contributed by atoms with Crippen molar-refractivity contribution in [3.8, 4) is 6.07 Å². The van der Waals surface area contributed by atoms with Gasteiger partial charge in [0.1, 0.15) is 6.07 Å². The molecule has 1 heterocycles. The van der Waals surface area contributed by atoms with Crippen molar-refractivity contribution in [1.82, 2.24) is 0 Å². The van der Waals surface area contributed by atoms with Crippen molar-refractivity contribution in [2.24, 2.45) is 5.16 Å². The smallest absolute Gasteiger partial charge is 0.398 e. The fourth-order valence-electron chi connectivity index (χ4n) is 2.78.